The molecule has 3 heterocycles. The Labute approximate surface area is 166 Å². The number of nitrogens with one attached hydrogen (secondary N) is 1. The molecular weight excluding hydrogens is 378 g/mol. The topological polar surface area (TPSA) is 81.9 Å². The molecule has 3 aromatic rings. The van der Waals surface area contributed by atoms with E-state index in [1.165, 1.54) is 11.3 Å². The van der Waals surface area contributed by atoms with Crippen LogP contribution in [0.2, 0.25) is 0 Å². The fraction of sp³-hybridized carbons (Fsp3) is 0.350. The summed E-state index contributed by atoms with van der Waals surface area (Å²) in [5.41, 5.74) is 1.64. The van der Waals surface area contributed by atoms with Gasteiger partial charge in [0.2, 0.25) is 5.78 Å². The van der Waals surface area contributed by atoms with Crippen LogP contribution < -0.4 is 10.1 Å². The number of aromatic nitrogens is 2. The van der Waals surface area contributed by atoms with Crippen LogP contribution >= 0.6 is 11.3 Å². The minimum absolute atomic E-state index is 0.0819. The van der Waals surface area contributed by atoms with E-state index in [2.05, 4.69) is 10.3 Å². The zero-order valence-corrected chi connectivity index (χ0v) is 16.5. The summed E-state index contributed by atoms with van der Waals surface area (Å²) in [5.74, 6) is 0.282. The van der Waals surface area contributed by atoms with E-state index in [0.717, 1.165) is 19.4 Å². The summed E-state index contributed by atoms with van der Waals surface area (Å²) < 4.78 is 12.5. The summed E-state index contributed by atoms with van der Waals surface area (Å²) in [6.45, 7) is 3.07. The van der Waals surface area contributed by atoms with E-state index in [9.17, 15) is 9.59 Å². The molecule has 1 aliphatic heterocycles. The quantitative estimate of drug-likeness (QED) is 0.645. The van der Waals surface area contributed by atoms with Gasteiger partial charge in [0.25, 0.3) is 5.91 Å². The molecule has 2 aromatic heterocycles. The van der Waals surface area contributed by atoms with Crippen LogP contribution in [0.4, 0.5) is 0 Å². The molecule has 146 valence electrons. The van der Waals surface area contributed by atoms with E-state index in [1.54, 1.807) is 42.0 Å². The molecule has 7 nitrogen and oxygen atoms in total. The predicted octanol–water partition coefficient (Wildman–Crippen LogP) is 2.85. The average molecular weight is 399 g/mol. The number of ether oxygens (including phenoxy) is 2. The van der Waals surface area contributed by atoms with E-state index >= 15 is 0 Å². The molecule has 1 fully saturated rings. The molecule has 1 aliphatic rings. The van der Waals surface area contributed by atoms with Crippen molar-refractivity contribution in [3.05, 3.63) is 52.3 Å². The summed E-state index contributed by atoms with van der Waals surface area (Å²) in [5, 5.41) is 2.93. The molecule has 0 saturated carbocycles. The molecular formula is C20H21N3O4S. The van der Waals surface area contributed by atoms with Crippen molar-refractivity contribution in [2.45, 2.75) is 25.9 Å². The van der Waals surface area contributed by atoms with Crippen LogP contribution in [-0.2, 0) is 4.74 Å². The van der Waals surface area contributed by atoms with Gasteiger partial charge in [-0.25, -0.2) is 4.98 Å². The number of benzene rings is 1. The molecule has 4 rings (SSSR count). The van der Waals surface area contributed by atoms with Crippen molar-refractivity contribution in [3.8, 4) is 5.75 Å². The first kappa shape index (κ1) is 18.6. The fourth-order valence-electron chi connectivity index (χ4n) is 3.37. The number of thiazole rings is 1. The van der Waals surface area contributed by atoms with Gasteiger partial charge in [-0.15, -0.1) is 0 Å². The SMILES string of the molecule is COc1cccc(C(=O)c2cnc3sc(C(=O)NC[C@@H]4CCCO4)c(C)n23)c1. The van der Waals surface area contributed by atoms with Gasteiger partial charge in [-0.3, -0.25) is 14.0 Å². The zero-order chi connectivity index (χ0) is 19.7. The number of carbonyl (C=O) groups is 2. The molecule has 0 bridgehead atoms. The molecule has 1 saturated heterocycles. The van der Waals surface area contributed by atoms with Crippen LogP contribution in [0.25, 0.3) is 4.96 Å². The van der Waals surface area contributed by atoms with Gasteiger partial charge in [0.1, 0.15) is 16.3 Å². The molecule has 0 aliphatic carbocycles. The van der Waals surface area contributed by atoms with Gasteiger partial charge in [-0.05, 0) is 31.9 Å². The molecule has 0 radical (unpaired) electrons. The van der Waals surface area contributed by atoms with Crippen LogP contribution in [0.3, 0.4) is 0 Å². The highest BCUT2D eigenvalue weighted by Crippen LogP contribution is 2.26. The zero-order valence-electron chi connectivity index (χ0n) is 15.7. The van der Waals surface area contributed by atoms with E-state index < -0.39 is 0 Å². The van der Waals surface area contributed by atoms with Crippen molar-refractivity contribution < 1.29 is 19.1 Å². The van der Waals surface area contributed by atoms with Gasteiger partial charge in [-0.2, -0.15) is 0 Å². The van der Waals surface area contributed by atoms with Gasteiger partial charge in [0.15, 0.2) is 4.96 Å². The Morgan fingerprint density at radius 3 is 3.04 bits per heavy atom. The lowest BCUT2D eigenvalue weighted by atomic mass is 10.1. The maximum absolute atomic E-state index is 13.0. The van der Waals surface area contributed by atoms with Crippen LogP contribution in [0, 0.1) is 6.92 Å². The number of carbonyl (C=O) groups excluding carboxylic acids is 2. The van der Waals surface area contributed by atoms with Crippen molar-refractivity contribution in [1.29, 1.82) is 0 Å². The lowest BCUT2D eigenvalue weighted by Gasteiger charge is -2.10. The second-order valence-electron chi connectivity index (χ2n) is 6.68. The summed E-state index contributed by atoms with van der Waals surface area (Å²) in [7, 11) is 1.56. The van der Waals surface area contributed by atoms with Crippen molar-refractivity contribution >= 4 is 28.0 Å². The molecule has 1 aromatic carbocycles. The molecule has 0 spiro atoms. The monoisotopic (exact) mass is 399 g/mol. The number of nitrogens with zero attached hydrogens (tertiary/aromatic N) is 2. The number of amides is 1. The number of rotatable bonds is 6. The Morgan fingerprint density at radius 2 is 2.29 bits per heavy atom. The standard InChI is InChI=1S/C20H21N3O4S/c1-12-18(19(25)21-10-15-7-4-8-27-15)28-20-22-11-16(23(12)20)17(24)13-5-3-6-14(9-13)26-2/h3,5-6,9,11,15H,4,7-8,10H2,1-2H3,(H,21,25)/t15-/m0/s1. The molecule has 28 heavy (non-hydrogen) atoms. The smallest absolute Gasteiger partial charge is 0.263 e. The predicted molar refractivity (Wildman–Crippen MR) is 106 cm³/mol. The second-order valence-corrected chi connectivity index (χ2v) is 7.66. The third-order valence-corrected chi connectivity index (χ3v) is 6.03. The van der Waals surface area contributed by atoms with Crippen molar-refractivity contribution in [2.24, 2.45) is 0 Å². The van der Waals surface area contributed by atoms with Gasteiger partial charge >= 0.3 is 0 Å². The summed E-state index contributed by atoms with van der Waals surface area (Å²) >= 11 is 1.28. The number of methoxy groups -OCH3 is 1. The number of ketones is 1. The molecule has 0 unspecified atom stereocenters. The Hall–Kier alpha value is -2.71. The van der Waals surface area contributed by atoms with Gasteiger partial charge < -0.3 is 14.8 Å². The fourth-order valence-corrected chi connectivity index (χ4v) is 4.39. The largest absolute Gasteiger partial charge is 0.497 e. The third-order valence-electron chi connectivity index (χ3n) is 4.87. The third kappa shape index (κ3) is 3.41. The van der Waals surface area contributed by atoms with Crippen LogP contribution in [0.1, 0.15) is 44.3 Å². The number of hydrogen-bond donors (Lipinski definition) is 1. The Morgan fingerprint density at radius 1 is 1.43 bits per heavy atom. The number of imidazole rings is 1. The Kier molecular flexibility index (Phi) is 5.15. The van der Waals surface area contributed by atoms with Crippen LogP contribution in [-0.4, -0.2) is 47.4 Å². The summed E-state index contributed by atoms with van der Waals surface area (Å²) in [4.78, 5) is 31.1. The Balaban J connectivity index is 1.60. The highest BCUT2D eigenvalue weighted by Gasteiger charge is 2.23. The second kappa shape index (κ2) is 7.73. The average Bonchev–Trinajstić information content (AvgIpc) is 3.44. The lowest BCUT2D eigenvalue weighted by Crippen LogP contribution is -2.31. The molecule has 1 amide bonds. The molecule has 8 heteroatoms. The highest BCUT2D eigenvalue weighted by molar-refractivity contribution is 7.19. The summed E-state index contributed by atoms with van der Waals surface area (Å²) in [6.07, 6.45) is 3.63. The van der Waals surface area contributed by atoms with E-state index in [1.807, 2.05) is 6.92 Å². The minimum atomic E-state index is -0.168. The Bertz CT molecular complexity index is 1030. The lowest BCUT2D eigenvalue weighted by molar-refractivity contribution is 0.0860. The maximum Gasteiger partial charge on any atom is 0.263 e. The number of hydrogen-bond acceptors (Lipinski definition) is 6. The molecule has 1 atom stereocenters. The highest BCUT2D eigenvalue weighted by atomic mass is 32.1. The van der Waals surface area contributed by atoms with Gasteiger partial charge in [0.05, 0.1) is 19.4 Å². The first-order chi connectivity index (χ1) is 13.6. The summed E-state index contributed by atoms with van der Waals surface area (Å²) in [6, 6.07) is 6.99. The van der Waals surface area contributed by atoms with Crippen LogP contribution in [0.15, 0.2) is 30.5 Å². The van der Waals surface area contributed by atoms with Crippen molar-refractivity contribution in [2.75, 3.05) is 20.3 Å². The van der Waals surface area contributed by atoms with E-state index in [-0.39, 0.29) is 17.8 Å². The van der Waals surface area contributed by atoms with Gasteiger partial charge in [-0.1, -0.05) is 23.5 Å². The molecule has 1 N–H and O–H groups in total. The van der Waals surface area contributed by atoms with E-state index in [0.29, 0.717) is 39.1 Å². The minimum Gasteiger partial charge on any atom is -0.497 e. The first-order valence-corrected chi connectivity index (χ1v) is 9.95. The van der Waals surface area contributed by atoms with E-state index in [4.69, 9.17) is 9.47 Å². The van der Waals surface area contributed by atoms with Crippen molar-refractivity contribution in [3.63, 3.8) is 0 Å². The van der Waals surface area contributed by atoms with Gasteiger partial charge in [0, 0.05) is 24.4 Å². The van der Waals surface area contributed by atoms with Crippen molar-refractivity contribution in [1.82, 2.24) is 14.7 Å². The maximum atomic E-state index is 13.0. The van der Waals surface area contributed by atoms with Crippen LogP contribution in [0.5, 0.6) is 5.75 Å². The normalized spacial score (nSPS) is 16.4. The first-order valence-electron chi connectivity index (χ1n) is 9.14. The number of aryl methyl sites for hydroxylation is 1. The number of fused-ring (bicyclic) bond motifs is 1.